The van der Waals surface area contributed by atoms with E-state index in [0.717, 1.165) is 25.1 Å². The van der Waals surface area contributed by atoms with E-state index in [4.69, 9.17) is 4.74 Å². The number of methoxy groups -OCH3 is 1. The molecule has 0 radical (unpaired) electrons. The Morgan fingerprint density at radius 3 is 2.56 bits per heavy atom. The van der Waals surface area contributed by atoms with Crippen LogP contribution in [0.4, 0.5) is 0 Å². The minimum absolute atomic E-state index is 0.355. The first kappa shape index (κ1) is 12.8. The Balaban J connectivity index is 2.52. The number of benzene rings is 1. The predicted molar refractivity (Wildman–Crippen MR) is 69.0 cm³/mol. The Labute approximate surface area is 98.3 Å². The average molecular weight is 219 g/mol. The topological polar surface area (TPSA) is 21.3 Å². The molecule has 0 fully saturated rings. The minimum Gasteiger partial charge on any atom is -0.497 e. The van der Waals surface area contributed by atoms with Crippen molar-refractivity contribution in [3.05, 3.63) is 42.5 Å². The summed E-state index contributed by atoms with van der Waals surface area (Å²) in [7, 11) is 1.68. The summed E-state index contributed by atoms with van der Waals surface area (Å²) < 4.78 is 5.13. The van der Waals surface area contributed by atoms with Crippen molar-refractivity contribution in [1.82, 2.24) is 5.32 Å². The van der Waals surface area contributed by atoms with E-state index < -0.39 is 0 Å². The summed E-state index contributed by atoms with van der Waals surface area (Å²) in [6, 6.07) is 8.55. The average Bonchev–Trinajstić information content (AvgIpc) is 2.35. The van der Waals surface area contributed by atoms with Gasteiger partial charge in [-0.15, -0.1) is 6.58 Å². The lowest BCUT2D eigenvalue weighted by Crippen LogP contribution is -2.29. The summed E-state index contributed by atoms with van der Waals surface area (Å²) in [5, 5.41) is 3.45. The predicted octanol–water partition coefficient (Wildman–Crippen LogP) is 2.79. The summed E-state index contributed by atoms with van der Waals surface area (Å²) in [6.07, 6.45) is 4.10. The number of ether oxygens (including phenoxy) is 1. The van der Waals surface area contributed by atoms with E-state index in [-0.39, 0.29) is 0 Å². The molecular weight excluding hydrogens is 198 g/mol. The van der Waals surface area contributed by atoms with Crippen LogP contribution in [0.1, 0.15) is 18.9 Å². The van der Waals surface area contributed by atoms with Crippen molar-refractivity contribution in [1.29, 1.82) is 0 Å². The van der Waals surface area contributed by atoms with E-state index in [1.807, 2.05) is 18.2 Å². The van der Waals surface area contributed by atoms with Crippen molar-refractivity contribution in [2.24, 2.45) is 0 Å². The highest BCUT2D eigenvalue weighted by Gasteiger charge is 2.04. The van der Waals surface area contributed by atoms with Gasteiger partial charge in [-0.25, -0.2) is 0 Å². The maximum absolute atomic E-state index is 5.13. The first-order valence-corrected chi connectivity index (χ1v) is 5.79. The molecule has 0 aromatic heterocycles. The van der Waals surface area contributed by atoms with Crippen LogP contribution in [0.15, 0.2) is 36.9 Å². The molecule has 0 aliphatic heterocycles. The highest BCUT2D eigenvalue weighted by molar-refractivity contribution is 5.28. The molecule has 0 bridgehead atoms. The monoisotopic (exact) mass is 219 g/mol. The summed E-state index contributed by atoms with van der Waals surface area (Å²) in [4.78, 5) is 0. The van der Waals surface area contributed by atoms with Crippen LogP contribution < -0.4 is 10.1 Å². The second-order valence-electron chi connectivity index (χ2n) is 3.85. The highest BCUT2D eigenvalue weighted by Crippen LogP contribution is 2.12. The van der Waals surface area contributed by atoms with E-state index in [1.165, 1.54) is 5.56 Å². The zero-order valence-electron chi connectivity index (χ0n) is 10.2. The summed E-state index contributed by atoms with van der Waals surface area (Å²) in [5.41, 5.74) is 1.30. The molecule has 1 unspecified atom stereocenters. The molecule has 1 aromatic rings. The normalized spacial score (nSPS) is 12.1. The van der Waals surface area contributed by atoms with E-state index in [0.29, 0.717) is 6.04 Å². The molecule has 0 saturated heterocycles. The van der Waals surface area contributed by atoms with E-state index in [1.54, 1.807) is 7.11 Å². The van der Waals surface area contributed by atoms with Gasteiger partial charge in [-0.05, 0) is 37.1 Å². The molecule has 1 rings (SSSR count). The third-order valence-electron chi connectivity index (χ3n) is 2.56. The van der Waals surface area contributed by atoms with Crippen LogP contribution in [0, 0.1) is 0 Å². The molecule has 0 amide bonds. The molecule has 2 heteroatoms. The van der Waals surface area contributed by atoms with Gasteiger partial charge in [0.25, 0.3) is 0 Å². The molecule has 16 heavy (non-hydrogen) atoms. The van der Waals surface area contributed by atoms with E-state index >= 15 is 0 Å². The number of hydrogen-bond donors (Lipinski definition) is 1. The Hall–Kier alpha value is -1.28. The van der Waals surface area contributed by atoms with Crippen LogP contribution in [0.25, 0.3) is 0 Å². The minimum atomic E-state index is 0.355. The van der Waals surface area contributed by atoms with Gasteiger partial charge in [-0.3, -0.25) is 0 Å². The van der Waals surface area contributed by atoms with Crippen LogP contribution >= 0.6 is 0 Å². The largest absolute Gasteiger partial charge is 0.497 e. The number of hydrogen-bond acceptors (Lipinski definition) is 2. The fourth-order valence-electron chi connectivity index (χ4n) is 1.58. The van der Waals surface area contributed by atoms with Gasteiger partial charge in [0.1, 0.15) is 5.75 Å². The fourth-order valence-corrected chi connectivity index (χ4v) is 1.58. The van der Waals surface area contributed by atoms with Crippen molar-refractivity contribution < 1.29 is 4.74 Å². The Bertz CT molecular complexity index is 305. The number of rotatable bonds is 7. The quantitative estimate of drug-likeness (QED) is 0.712. The zero-order valence-corrected chi connectivity index (χ0v) is 10.2. The Kier molecular flexibility index (Phi) is 5.65. The maximum Gasteiger partial charge on any atom is 0.118 e. The first-order valence-electron chi connectivity index (χ1n) is 5.79. The lowest BCUT2D eigenvalue weighted by Gasteiger charge is -2.14. The first-order chi connectivity index (χ1) is 7.80. The zero-order chi connectivity index (χ0) is 11.8. The van der Waals surface area contributed by atoms with Gasteiger partial charge < -0.3 is 10.1 Å². The van der Waals surface area contributed by atoms with Gasteiger partial charge in [0.15, 0.2) is 0 Å². The van der Waals surface area contributed by atoms with Crippen molar-refractivity contribution in [3.63, 3.8) is 0 Å². The maximum atomic E-state index is 5.13. The summed E-state index contributed by atoms with van der Waals surface area (Å²) >= 11 is 0. The van der Waals surface area contributed by atoms with Gasteiger partial charge in [0, 0.05) is 6.04 Å². The molecule has 88 valence electrons. The van der Waals surface area contributed by atoms with E-state index in [2.05, 4.69) is 31.0 Å². The molecule has 1 aromatic carbocycles. The molecule has 0 aliphatic carbocycles. The van der Waals surface area contributed by atoms with Crippen LogP contribution in [0.5, 0.6) is 5.75 Å². The number of nitrogens with one attached hydrogen (secondary N) is 1. The SMILES string of the molecule is C=CC(Cc1ccc(OC)cc1)NCCC. The summed E-state index contributed by atoms with van der Waals surface area (Å²) in [5.74, 6) is 0.903. The van der Waals surface area contributed by atoms with Crippen LogP contribution in [-0.2, 0) is 6.42 Å². The smallest absolute Gasteiger partial charge is 0.118 e. The van der Waals surface area contributed by atoms with Gasteiger partial charge in [0.05, 0.1) is 7.11 Å². The molecule has 0 heterocycles. The Morgan fingerprint density at radius 2 is 2.06 bits per heavy atom. The molecule has 0 saturated carbocycles. The fraction of sp³-hybridized carbons (Fsp3) is 0.429. The molecule has 1 N–H and O–H groups in total. The lowest BCUT2D eigenvalue weighted by atomic mass is 10.1. The third kappa shape index (κ3) is 4.07. The standard InChI is InChI=1S/C14H21NO/c1-4-10-15-13(5-2)11-12-6-8-14(16-3)9-7-12/h5-9,13,15H,2,4,10-11H2,1,3H3. The van der Waals surface area contributed by atoms with Crippen molar-refractivity contribution in [3.8, 4) is 5.75 Å². The van der Waals surface area contributed by atoms with Crippen molar-refractivity contribution in [2.45, 2.75) is 25.8 Å². The third-order valence-corrected chi connectivity index (χ3v) is 2.56. The van der Waals surface area contributed by atoms with Crippen molar-refractivity contribution in [2.75, 3.05) is 13.7 Å². The molecular formula is C14H21NO. The second kappa shape index (κ2) is 7.07. The van der Waals surface area contributed by atoms with Gasteiger partial charge >= 0.3 is 0 Å². The van der Waals surface area contributed by atoms with Gasteiger partial charge in [0.2, 0.25) is 0 Å². The van der Waals surface area contributed by atoms with Crippen molar-refractivity contribution >= 4 is 0 Å². The molecule has 2 nitrogen and oxygen atoms in total. The molecule has 1 atom stereocenters. The van der Waals surface area contributed by atoms with Crippen LogP contribution in [-0.4, -0.2) is 19.7 Å². The highest BCUT2D eigenvalue weighted by atomic mass is 16.5. The Morgan fingerprint density at radius 1 is 1.38 bits per heavy atom. The van der Waals surface area contributed by atoms with Crippen LogP contribution in [0.2, 0.25) is 0 Å². The lowest BCUT2D eigenvalue weighted by molar-refractivity contribution is 0.414. The second-order valence-corrected chi connectivity index (χ2v) is 3.85. The van der Waals surface area contributed by atoms with Gasteiger partial charge in [-0.2, -0.15) is 0 Å². The van der Waals surface area contributed by atoms with Crippen LogP contribution in [0.3, 0.4) is 0 Å². The molecule has 0 spiro atoms. The molecule has 0 aliphatic rings. The van der Waals surface area contributed by atoms with Gasteiger partial charge in [-0.1, -0.05) is 25.1 Å². The summed E-state index contributed by atoms with van der Waals surface area (Å²) in [6.45, 7) is 7.06. The van der Waals surface area contributed by atoms with E-state index in [9.17, 15) is 0 Å².